The molecule has 25 heavy (non-hydrogen) atoms. The molecule has 6 heteroatoms. The van der Waals surface area contributed by atoms with Gasteiger partial charge in [-0.05, 0) is 32.4 Å². The highest BCUT2D eigenvalue weighted by Gasteiger charge is 2.31. The second-order valence-electron chi connectivity index (χ2n) is 6.91. The summed E-state index contributed by atoms with van der Waals surface area (Å²) in [7, 11) is 2.19. The summed E-state index contributed by atoms with van der Waals surface area (Å²) in [5.41, 5.74) is 1.20. The van der Waals surface area contributed by atoms with Gasteiger partial charge in [0.1, 0.15) is 5.82 Å². The van der Waals surface area contributed by atoms with E-state index in [-0.39, 0.29) is 11.9 Å². The van der Waals surface area contributed by atoms with Crippen LogP contribution >= 0.6 is 11.3 Å². The van der Waals surface area contributed by atoms with E-state index in [2.05, 4.69) is 46.3 Å². The Balaban J connectivity index is 1.78. The van der Waals surface area contributed by atoms with Crippen LogP contribution in [0.5, 0.6) is 5.88 Å². The molecule has 1 atom stereocenters. The largest absolute Gasteiger partial charge is 0.492 e. The second kappa shape index (κ2) is 6.77. The smallest absolute Gasteiger partial charge is 0.230 e. The summed E-state index contributed by atoms with van der Waals surface area (Å²) in [6, 6.07) is 11.0. The number of aromatic nitrogens is 3. The van der Waals surface area contributed by atoms with Crippen LogP contribution in [0.4, 0.5) is 0 Å². The average molecular weight is 356 g/mol. The van der Waals surface area contributed by atoms with Gasteiger partial charge in [0.15, 0.2) is 0 Å². The van der Waals surface area contributed by atoms with E-state index in [0.717, 1.165) is 9.84 Å². The fraction of sp³-hybridized carbons (Fsp3) is 0.474. The van der Waals surface area contributed by atoms with Crippen LogP contribution in [-0.4, -0.2) is 37.7 Å². The first-order valence-corrected chi connectivity index (χ1v) is 9.78. The van der Waals surface area contributed by atoms with Crippen molar-refractivity contribution in [1.82, 2.24) is 19.5 Å². The topological polar surface area (TPSA) is 53.7 Å². The number of aryl methyl sites for hydroxylation is 1. The minimum atomic E-state index is 0.0260. The molecule has 0 amide bonds. The van der Waals surface area contributed by atoms with Crippen molar-refractivity contribution in [1.29, 1.82) is 0 Å². The van der Waals surface area contributed by atoms with Gasteiger partial charge in [-0.15, -0.1) is 5.10 Å². The summed E-state index contributed by atoms with van der Waals surface area (Å²) in [6.45, 7) is 1.85. The molecule has 0 bridgehead atoms. The van der Waals surface area contributed by atoms with Crippen molar-refractivity contribution in [2.75, 3.05) is 7.05 Å². The Morgan fingerprint density at radius 3 is 2.60 bits per heavy atom. The Labute approximate surface area is 151 Å². The van der Waals surface area contributed by atoms with Crippen molar-refractivity contribution in [3.05, 3.63) is 46.6 Å². The van der Waals surface area contributed by atoms with Crippen LogP contribution in [0, 0.1) is 6.92 Å². The molecule has 0 aliphatic heterocycles. The normalized spacial score (nSPS) is 17.4. The predicted octanol–water partition coefficient (Wildman–Crippen LogP) is 4.16. The maximum Gasteiger partial charge on any atom is 0.230 e. The lowest BCUT2D eigenvalue weighted by atomic mass is 9.92. The monoisotopic (exact) mass is 356 g/mol. The summed E-state index contributed by atoms with van der Waals surface area (Å²) < 4.78 is 1.57. The number of hydrogen-bond acceptors (Lipinski definition) is 5. The van der Waals surface area contributed by atoms with E-state index in [4.69, 9.17) is 0 Å². The molecule has 0 radical (unpaired) electrons. The van der Waals surface area contributed by atoms with Gasteiger partial charge in [0.2, 0.25) is 10.8 Å². The summed E-state index contributed by atoms with van der Waals surface area (Å²) in [4.78, 5) is 8.55. The molecular formula is C19H24N4OS. The van der Waals surface area contributed by atoms with E-state index >= 15 is 0 Å². The Bertz CT molecular complexity index is 851. The van der Waals surface area contributed by atoms with Crippen molar-refractivity contribution >= 4 is 16.3 Å². The number of fused-ring (bicyclic) bond motifs is 1. The van der Waals surface area contributed by atoms with Crippen LogP contribution in [0.15, 0.2) is 30.3 Å². The molecule has 5 nitrogen and oxygen atoms in total. The number of thiazole rings is 1. The zero-order valence-electron chi connectivity index (χ0n) is 14.7. The quantitative estimate of drug-likeness (QED) is 0.763. The maximum absolute atomic E-state index is 10.8. The average Bonchev–Trinajstić information content (AvgIpc) is 3.15. The van der Waals surface area contributed by atoms with E-state index in [1.165, 1.54) is 49.0 Å². The van der Waals surface area contributed by atoms with Crippen LogP contribution < -0.4 is 0 Å². The van der Waals surface area contributed by atoms with E-state index in [0.29, 0.717) is 11.9 Å². The van der Waals surface area contributed by atoms with Crippen molar-refractivity contribution < 1.29 is 5.11 Å². The van der Waals surface area contributed by atoms with Gasteiger partial charge in [-0.2, -0.15) is 4.52 Å². The molecule has 132 valence electrons. The lowest BCUT2D eigenvalue weighted by molar-refractivity contribution is 0.157. The SMILES string of the molecule is Cc1nc2sc(C(c3ccccc3)N(C)C3CCCCC3)c(O)n2n1. The molecule has 2 aromatic heterocycles. The van der Waals surface area contributed by atoms with Crippen LogP contribution in [-0.2, 0) is 0 Å². The molecule has 4 rings (SSSR count). The molecule has 3 aromatic rings. The number of hydrogen-bond donors (Lipinski definition) is 1. The van der Waals surface area contributed by atoms with Crippen LogP contribution in [0.3, 0.4) is 0 Å². The fourth-order valence-electron chi connectivity index (χ4n) is 3.93. The lowest BCUT2D eigenvalue weighted by Gasteiger charge is -2.37. The van der Waals surface area contributed by atoms with Crippen molar-refractivity contribution in [3.63, 3.8) is 0 Å². The molecule has 1 N–H and O–H groups in total. The highest BCUT2D eigenvalue weighted by Crippen LogP contribution is 2.41. The second-order valence-corrected chi connectivity index (χ2v) is 7.92. The molecular weight excluding hydrogens is 332 g/mol. The number of rotatable bonds is 4. The highest BCUT2D eigenvalue weighted by atomic mass is 32.1. The van der Waals surface area contributed by atoms with Gasteiger partial charge < -0.3 is 5.11 Å². The van der Waals surface area contributed by atoms with E-state index < -0.39 is 0 Å². The molecule has 2 heterocycles. The maximum atomic E-state index is 10.8. The van der Waals surface area contributed by atoms with Crippen LogP contribution in [0.1, 0.15) is 54.4 Å². The third kappa shape index (κ3) is 3.04. The standard InChI is InChI=1S/C19H24N4OS/c1-13-20-19-23(21-13)18(24)17(25-19)16(14-9-5-3-6-10-14)22(2)15-11-7-4-8-12-15/h3,5-6,9-10,15-16,24H,4,7-8,11-12H2,1-2H3. The number of nitrogens with zero attached hydrogens (tertiary/aromatic N) is 4. The minimum absolute atomic E-state index is 0.0260. The first kappa shape index (κ1) is 16.5. The van der Waals surface area contributed by atoms with E-state index in [9.17, 15) is 5.11 Å². The van der Waals surface area contributed by atoms with Crippen molar-refractivity contribution in [3.8, 4) is 5.88 Å². The molecule has 1 unspecified atom stereocenters. The number of aromatic hydroxyl groups is 1. The van der Waals surface area contributed by atoms with Gasteiger partial charge in [0.25, 0.3) is 0 Å². The molecule has 1 aliphatic rings. The van der Waals surface area contributed by atoms with Crippen LogP contribution in [0.2, 0.25) is 0 Å². The first-order valence-electron chi connectivity index (χ1n) is 8.97. The van der Waals surface area contributed by atoms with Gasteiger partial charge in [-0.1, -0.05) is 60.9 Å². The molecule has 1 saturated carbocycles. The van der Waals surface area contributed by atoms with Gasteiger partial charge in [-0.3, -0.25) is 4.90 Å². The van der Waals surface area contributed by atoms with E-state index in [1.807, 2.05) is 13.0 Å². The molecule has 1 fully saturated rings. The lowest BCUT2D eigenvalue weighted by Crippen LogP contribution is -2.36. The van der Waals surface area contributed by atoms with Crippen LogP contribution in [0.25, 0.3) is 4.96 Å². The van der Waals surface area contributed by atoms with E-state index in [1.54, 1.807) is 4.52 Å². The molecule has 1 aliphatic carbocycles. The summed E-state index contributed by atoms with van der Waals surface area (Å²) in [6.07, 6.45) is 6.36. The third-order valence-electron chi connectivity index (χ3n) is 5.23. The Morgan fingerprint density at radius 2 is 1.92 bits per heavy atom. The van der Waals surface area contributed by atoms with Gasteiger partial charge in [0.05, 0.1) is 10.9 Å². The van der Waals surface area contributed by atoms with Crippen molar-refractivity contribution in [2.45, 2.75) is 51.1 Å². The van der Waals surface area contributed by atoms with Crippen molar-refractivity contribution in [2.24, 2.45) is 0 Å². The van der Waals surface area contributed by atoms with Gasteiger partial charge in [0, 0.05) is 6.04 Å². The summed E-state index contributed by atoms with van der Waals surface area (Å²) in [5.74, 6) is 0.905. The fourth-order valence-corrected chi connectivity index (χ4v) is 5.11. The third-order valence-corrected chi connectivity index (χ3v) is 6.30. The number of benzene rings is 1. The minimum Gasteiger partial charge on any atom is -0.492 e. The van der Waals surface area contributed by atoms with Gasteiger partial charge in [-0.25, -0.2) is 4.98 Å². The molecule has 0 saturated heterocycles. The predicted molar refractivity (Wildman–Crippen MR) is 100 cm³/mol. The summed E-state index contributed by atoms with van der Waals surface area (Å²) in [5, 5.41) is 15.2. The summed E-state index contributed by atoms with van der Waals surface area (Å²) >= 11 is 1.54. The zero-order chi connectivity index (χ0) is 17.4. The zero-order valence-corrected chi connectivity index (χ0v) is 15.5. The Kier molecular flexibility index (Phi) is 4.48. The van der Waals surface area contributed by atoms with Gasteiger partial charge >= 0.3 is 0 Å². The molecule has 1 aromatic carbocycles. The highest BCUT2D eigenvalue weighted by molar-refractivity contribution is 7.17. The Hall–Kier alpha value is -1.92. The molecule has 0 spiro atoms. The Morgan fingerprint density at radius 1 is 1.20 bits per heavy atom. The first-order chi connectivity index (χ1) is 12.1.